The van der Waals surface area contributed by atoms with Crippen molar-refractivity contribution in [3.63, 3.8) is 0 Å². The largest absolute Gasteiger partial charge is 0.364 e. The summed E-state index contributed by atoms with van der Waals surface area (Å²) in [6.45, 7) is 2.06. The molecule has 9 heteroatoms. The molecule has 2 aromatic rings. The molecule has 0 fully saturated rings. The first kappa shape index (κ1) is 12.0. The summed E-state index contributed by atoms with van der Waals surface area (Å²) in [6, 6.07) is 0. The monoisotopic (exact) mass is 252 g/mol. The van der Waals surface area contributed by atoms with E-state index in [2.05, 4.69) is 25.1 Å². The van der Waals surface area contributed by atoms with Crippen LogP contribution in [0, 0.1) is 17.0 Å². The van der Waals surface area contributed by atoms with Gasteiger partial charge in [0.15, 0.2) is 5.82 Å². The van der Waals surface area contributed by atoms with Crippen LogP contribution in [0.15, 0.2) is 10.9 Å². The van der Waals surface area contributed by atoms with E-state index >= 15 is 0 Å². The molecule has 0 bridgehead atoms. The molecule has 1 N–H and O–H groups in total. The second-order valence-electron chi connectivity index (χ2n) is 3.69. The number of nitrogens with one attached hydrogen (secondary N) is 1. The van der Waals surface area contributed by atoms with Gasteiger partial charge in [0.1, 0.15) is 5.69 Å². The average Bonchev–Trinajstić information content (AvgIpc) is 2.87. The Morgan fingerprint density at radius 2 is 2.39 bits per heavy atom. The van der Waals surface area contributed by atoms with Crippen LogP contribution in [0.5, 0.6) is 0 Å². The number of anilines is 1. The Labute approximate surface area is 102 Å². The highest BCUT2D eigenvalue weighted by Gasteiger charge is 2.23. The van der Waals surface area contributed by atoms with Crippen molar-refractivity contribution >= 4 is 11.5 Å². The van der Waals surface area contributed by atoms with Crippen LogP contribution in [0.1, 0.15) is 11.5 Å². The van der Waals surface area contributed by atoms with E-state index in [0.29, 0.717) is 30.3 Å². The van der Waals surface area contributed by atoms with Gasteiger partial charge in [-0.15, -0.1) is 0 Å². The summed E-state index contributed by atoms with van der Waals surface area (Å²) in [5.41, 5.74) is 0.371. The van der Waals surface area contributed by atoms with E-state index in [1.165, 1.54) is 11.1 Å². The van der Waals surface area contributed by atoms with Crippen molar-refractivity contribution in [3.8, 4) is 0 Å². The summed E-state index contributed by atoms with van der Waals surface area (Å²) in [5.74, 6) is 0.921. The van der Waals surface area contributed by atoms with Crippen molar-refractivity contribution in [2.45, 2.75) is 13.3 Å². The van der Waals surface area contributed by atoms with Gasteiger partial charge in [-0.2, -0.15) is 10.1 Å². The highest BCUT2D eigenvalue weighted by Crippen LogP contribution is 2.26. The average molecular weight is 252 g/mol. The van der Waals surface area contributed by atoms with Gasteiger partial charge in [0.25, 0.3) is 0 Å². The molecule has 96 valence electrons. The number of hydrogen-bond acceptors (Lipinski definition) is 7. The predicted octanol–water partition coefficient (Wildman–Crippen LogP) is 0.674. The minimum atomic E-state index is -0.445. The maximum absolute atomic E-state index is 10.9. The molecule has 0 aliphatic carbocycles. The van der Waals surface area contributed by atoms with E-state index in [1.807, 2.05) is 0 Å². The first-order valence-corrected chi connectivity index (χ1v) is 5.26. The molecule has 0 unspecified atom stereocenters. The topological polar surface area (TPSA) is 112 Å². The Morgan fingerprint density at radius 1 is 1.61 bits per heavy atom. The lowest BCUT2D eigenvalue weighted by Gasteiger charge is -2.03. The number of hydrogen-bond donors (Lipinski definition) is 1. The Balaban J connectivity index is 2.07. The van der Waals surface area contributed by atoms with E-state index in [9.17, 15) is 10.1 Å². The second-order valence-corrected chi connectivity index (χ2v) is 3.69. The number of nitro groups is 1. The molecule has 2 aromatic heterocycles. The molecule has 2 rings (SSSR count). The van der Waals surface area contributed by atoms with Gasteiger partial charge in [-0.3, -0.25) is 10.1 Å². The van der Waals surface area contributed by atoms with Crippen molar-refractivity contribution in [3.05, 3.63) is 28.0 Å². The molecule has 0 aromatic carbocycles. The molecule has 0 spiro atoms. The fraction of sp³-hybridized carbons (Fsp3) is 0.444. The Morgan fingerprint density at radius 3 is 3.00 bits per heavy atom. The first-order valence-electron chi connectivity index (χ1n) is 5.26. The number of nitrogens with zero attached hydrogens (tertiary/aromatic N) is 5. The number of aryl methyl sites for hydroxylation is 2. The fourth-order valence-electron chi connectivity index (χ4n) is 1.66. The summed E-state index contributed by atoms with van der Waals surface area (Å²) in [6.07, 6.45) is 1.75. The molecule has 0 radical (unpaired) electrons. The Bertz CT molecular complexity index is 547. The third-order valence-electron chi connectivity index (χ3n) is 2.42. The third kappa shape index (κ3) is 2.29. The maximum Gasteiger partial charge on any atom is 0.333 e. The Hall–Kier alpha value is -2.45. The van der Waals surface area contributed by atoms with E-state index in [4.69, 9.17) is 0 Å². The lowest BCUT2D eigenvalue weighted by molar-refractivity contribution is -0.384. The fourth-order valence-corrected chi connectivity index (χ4v) is 1.66. The Kier molecular flexibility index (Phi) is 3.22. The zero-order chi connectivity index (χ0) is 13.1. The molecule has 18 heavy (non-hydrogen) atoms. The molecule has 2 heterocycles. The zero-order valence-corrected chi connectivity index (χ0v) is 9.95. The summed E-state index contributed by atoms with van der Waals surface area (Å²) >= 11 is 0. The van der Waals surface area contributed by atoms with Crippen molar-refractivity contribution in [2.24, 2.45) is 7.05 Å². The highest BCUT2D eigenvalue weighted by atomic mass is 16.6. The molecule has 0 saturated heterocycles. The van der Waals surface area contributed by atoms with Gasteiger partial charge in [-0.1, -0.05) is 5.16 Å². The van der Waals surface area contributed by atoms with Crippen LogP contribution < -0.4 is 5.32 Å². The molecule has 0 atom stereocenters. The SMILES string of the molecule is Cc1nn(C)c(NCCc2ncon2)c1[N+](=O)[O-]. The van der Waals surface area contributed by atoms with Crippen LogP contribution in [-0.2, 0) is 13.5 Å². The maximum atomic E-state index is 10.9. The van der Waals surface area contributed by atoms with Crippen molar-refractivity contribution in [2.75, 3.05) is 11.9 Å². The van der Waals surface area contributed by atoms with Gasteiger partial charge < -0.3 is 9.84 Å². The lowest BCUT2D eigenvalue weighted by atomic mass is 10.3. The van der Waals surface area contributed by atoms with Gasteiger partial charge in [-0.05, 0) is 6.92 Å². The van der Waals surface area contributed by atoms with E-state index in [1.54, 1.807) is 14.0 Å². The minimum absolute atomic E-state index is 0.00869. The number of rotatable bonds is 5. The van der Waals surface area contributed by atoms with Crippen LogP contribution in [0.3, 0.4) is 0 Å². The van der Waals surface area contributed by atoms with Gasteiger partial charge in [0.05, 0.1) is 4.92 Å². The van der Waals surface area contributed by atoms with Crippen LogP contribution in [0.2, 0.25) is 0 Å². The van der Waals surface area contributed by atoms with E-state index < -0.39 is 4.92 Å². The van der Waals surface area contributed by atoms with Gasteiger partial charge in [0.2, 0.25) is 12.2 Å². The van der Waals surface area contributed by atoms with Crippen molar-refractivity contribution in [1.29, 1.82) is 0 Å². The van der Waals surface area contributed by atoms with Crippen LogP contribution in [0.25, 0.3) is 0 Å². The molecule has 0 saturated carbocycles. The van der Waals surface area contributed by atoms with E-state index in [0.717, 1.165) is 0 Å². The smallest absolute Gasteiger partial charge is 0.333 e. The summed E-state index contributed by atoms with van der Waals surface area (Å²) in [7, 11) is 1.65. The van der Waals surface area contributed by atoms with Gasteiger partial charge >= 0.3 is 5.69 Å². The molecule has 0 aliphatic heterocycles. The van der Waals surface area contributed by atoms with Crippen molar-refractivity contribution in [1.82, 2.24) is 19.9 Å². The van der Waals surface area contributed by atoms with Crippen molar-refractivity contribution < 1.29 is 9.45 Å². The number of aromatic nitrogens is 4. The summed E-state index contributed by atoms with van der Waals surface area (Å²) in [5, 5.41) is 21.5. The lowest BCUT2D eigenvalue weighted by Crippen LogP contribution is -2.10. The van der Waals surface area contributed by atoms with Gasteiger partial charge in [0, 0.05) is 20.0 Å². The third-order valence-corrected chi connectivity index (χ3v) is 2.42. The van der Waals surface area contributed by atoms with Gasteiger partial charge in [-0.25, -0.2) is 4.68 Å². The van der Waals surface area contributed by atoms with Crippen LogP contribution in [-0.4, -0.2) is 31.4 Å². The highest BCUT2D eigenvalue weighted by molar-refractivity contribution is 5.59. The normalized spacial score (nSPS) is 10.6. The van der Waals surface area contributed by atoms with E-state index in [-0.39, 0.29) is 5.69 Å². The summed E-state index contributed by atoms with van der Waals surface area (Å²) < 4.78 is 6.04. The van der Waals surface area contributed by atoms with Crippen LogP contribution in [0.4, 0.5) is 11.5 Å². The molecule has 9 nitrogen and oxygen atoms in total. The molecular formula is C9H12N6O3. The zero-order valence-electron chi connectivity index (χ0n) is 9.95. The standard InChI is InChI=1S/C9H12N6O3/c1-6-8(15(16)17)9(14(2)12-6)10-4-3-7-11-5-18-13-7/h5,10H,3-4H2,1-2H3. The molecule has 0 aliphatic rings. The molecular weight excluding hydrogens is 240 g/mol. The first-order chi connectivity index (χ1) is 8.59. The second kappa shape index (κ2) is 4.82. The summed E-state index contributed by atoms with van der Waals surface area (Å²) in [4.78, 5) is 14.3. The van der Waals surface area contributed by atoms with Crippen LogP contribution >= 0.6 is 0 Å². The quantitative estimate of drug-likeness (QED) is 0.614. The molecule has 0 amide bonds. The predicted molar refractivity (Wildman–Crippen MR) is 61.1 cm³/mol. The minimum Gasteiger partial charge on any atom is -0.364 e.